The Morgan fingerprint density at radius 2 is 2.05 bits per heavy atom. The molecule has 0 spiro atoms. The first kappa shape index (κ1) is 16.7. The van der Waals surface area contributed by atoms with Gasteiger partial charge in [0.1, 0.15) is 0 Å². The van der Waals surface area contributed by atoms with E-state index in [2.05, 4.69) is 38.9 Å². The molecule has 3 saturated heterocycles. The van der Waals surface area contributed by atoms with Crippen molar-refractivity contribution in [1.29, 1.82) is 0 Å². The molecule has 1 unspecified atom stereocenters. The Morgan fingerprint density at radius 3 is 2.58 bits per heavy atom. The van der Waals surface area contributed by atoms with Gasteiger partial charge >= 0.3 is 0 Å². The van der Waals surface area contributed by atoms with Crippen molar-refractivity contribution in [2.75, 3.05) is 52.4 Å². The number of guanidine groups is 1. The molecule has 0 saturated carbocycles. The Hall–Kier alpha value is -0.340. The number of piperazine rings is 3. The lowest BCUT2D eigenvalue weighted by atomic mass is 10.1. The Balaban J connectivity index is 0.00000180. The number of aliphatic imine (C=N–C) groups is 1. The third kappa shape index (κ3) is 4.92. The van der Waals surface area contributed by atoms with Gasteiger partial charge in [-0.15, -0.1) is 30.6 Å². The summed E-state index contributed by atoms with van der Waals surface area (Å²) in [6, 6.07) is 0.590. The molecule has 0 aromatic heterocycles. The molecule has 0 radical (unpaired) electrons. The van der Waals surface area contributed by atoms with Crippen LogP contribution in [0.2, 0.25) is 0 Å². The number of hydrogen-bond donors (Lipinski definition) is 2. The average molecular weight is 379 g/mol. The van der Waals surface area contributed by atoms with E-state index in [0.29, 0.717) is 6.04 Å². The Kier molecular flexibility index (Phi) is 7.70. The normalized spacial score (nSPS) is 29.5. The second kappa shape index (κ2) is 8.76. The van der Waals surface area contributed by atoms with Gasteiger partial charge in [-0.2, -0.15) is 0 Å². The van der Waals surface area contributed by atoms with Crippen molar-refractivity contribution in [3.8, 4) is 0 Å². The van der Waals surface area contributed by atoms with Gasteiger partial charge in [0.25, 0.3) is 0 Å². The molecule has 6 heteroatoms. The summed E-state index contributed by atoms with van der Waals surface area (Å²) in [5.74, 6) is 0.898. The molecule has 5 nitrogen and oxygen atoms in total. The maximum absolute atomic E-state index is 4.67. The summed E-state index contributed by atoms with van der Waals surface area (Å²) in [7, 11) is 0. The van der Waals surface area contributed by atoms with E-state index >= 15 is 0 Å². The van der Waals surface area contributed by atoms with E-state index in [0.717, 1.165) is 25.6 Å². The Morgan fingerprint density at radius 1 is 1.32 bits per heavy atom. The predicted octanol–water partition coefficient (Wildman–Crippen LogP) is 0.345. The van der Waals surface area contributed by atoms with E-state index in [-0.39, 0.29) is 24.0 Å². The van der Waals surface area contributed by atoms with Gasteiger partial charge in [-0.25, -0.2) is 0 Å². The van der Waals surface area contributed by atoms with Gasteiger partial charge in [0.15, 0.2) is 5.96 Å². The number of halogens is 1. The smallest absolute Gasteiger partial charge is 0.191 e. The quantitative estimate of drug-likeness (QED) is 0.313. The predicted molar refractivity (Wildman–Crippen MR) is 91.4 cm³/mol. The maximum Gasteiger partial charge on any atom is 0.191 e. The van der Waals surface area contributed by atoms with Crippen LogP contribution in [0, 0.1) is 0 Å². The van der Waals surface area contributed by atoms with Crippen molar-refractivity contribution >= 4 is 29.9 Å². The fourth-order valence-corrected chi connectivity index (χ4v) is 2.61. The first-order chi connectivity index (χ1) is 8.83. The fourth-order valence-electron chi connectivity index (χ4n) is 2.61. The minimum absolute atomic E-state index is 0. The number of nitrogens with zero attached hydrogens (tertiary/aromatic N) is 3. The molecule has 3 rings (SSSR count). The lowest BCUT2D eigenvalue weighted by Gasteiger charge is -2.47. The van der Waals surface area contributed by atoms with Crippen molar-refractivity contribution in [3.63, 3.8) is 0 Å². The molecule has 1 atom stereocenters. The molecule has 3 heterocycles. The number of fused-ring (bicyclic) bond motifs is 3. The lowest BCUT2D eigenvalue weighted by Crippen LogP contribution is -2.62. The van der Waals surface area contributed by atoms with Crippen molar-refractivity contribution in [2.45, 2.75) is 13.0 Å². The summed E-state index contributed by atoms with van der Waals surface area (Å²) in [5, 5.41) is 6.50. The van der Waals surface area contributed by atoms with Crippen LogP contribution in [0.1, 0.15) is 6.92 Å². The molecular formula is C13H26IN5. The molecule has 3 aliphatic heterocycles. The largest absolute Gasteiger partial charge is 0.357 e. The number of nitrogens with one attached hydrogen (secondary N) is 2. The summed E-state index contributed by atoms with van der Waals surface area (Å²) in [5.41, 5.74) is 0. The van der Waals surface area contributed by atoms with Crippen LogP contribution in [0.5, 0.6) is 0 Å². The summed E-state index contributed by atoms with van der Waals surface area (Å²) in [6.45, 7) is 14.4. The fraction of sp³-hybridized carbons (Fsp3) is 0.769. The molecule has 3 fully saturated rings. The molecule has 0 amide bonds. The van der Waals surface area contributed by atoms with Crippen molar-refractivity contribution in [1.82, 2.24) is 20.4 Å². The molecule has 2 N–H and O–H groups in total. The summed E-state index contributed by atoms with van der Waals surface area (Å²) < 4.78 is 0. The van der Waals surface area contributed by atoms with E-state index in [1.165, 1.54) is 32.7 Å². The van der Waals surface area contributed by atoms with Crippen LogP contribution < -0.4 is 10.6 Å². The van der Waals surface area contributed by atoms with E-state index in [9.17, 15) is 0 Å². The molecule has 0 aliphatic carbocycles. The van der Waals surface area contributed by atoms with Crippen molar-refractivity contribution in [2.24, 2.45) is 4.99 Å². The summed E-state index contributed by atoms with van der Waals surface area (Å²) in [4.78, 5) is 9.79. The van der Waals surface area contributed by atoms with Crippen LogP contribution in [0.25, 0.3) is 0 Å². The van der Waals surface area contributed by atoms with Crippen molar-refractivity contribution in [3.05, 3.63) is 12.7 Å². The van der Waals surface area contributed by atoms with Crippen molar-refractivity contribution < 1.29 is 0 Å². The van der Waals surface area contributed by atoms with E-state index in [1.807, 2.05) is 6.08 Å². The van der Waals surface area contributed by atoms with Gasteiger partial charge in [-0.1, -0.05) is 6.08 Å². The highest BCUT2D eigenvalue weighted by molar-refractivity contribution is 14.0. The van der Waals surface area contributed by atoms with E-state index in [4.69, 9.17) is 0 Å². The first-order valence-electron chi connectivity index (χ1n) is 6.93. The highest BCUT2D eigenvalue weighted by atomic mass is 127. The van der Waals surface area contributed by atoms with Gasteiger partial charge in [0, 0.05) is 51.9 Å². The summed E-state index contributed by atoms with van der Waals surface area (Å²) in [6.07, 6.45) is 1.85. The standard InChI is InChI=1S/C13H25N5.HI/c1-3-5-15-13(14-4-2)16-10-12-11-17-6-8-18(12)9-7-17;/h3,12H,1,4-11H2,2H3,(H2,14,15,16);1H. The van der Waals surface area contributed by atoms with Crippen LogP contribution in [0.3, 0.4) is 0 Å². The SMILES string of the molecule is C=CCNC(=NCC1CN2CCN1CC2)NCC.I. The molecule has 0 aromatic rings. The van der Waals surface area contributed by atoms with Crippen LogP contribution in [0.15, 0.2) is 17.6 Å². The molecule has 19 heavy (non-hydrogen) atoms. The first-order valence-corrected chi connectivity index (χ1v) is 6.93. The third-order valence-electron chi connectivity index (χ3n) is 3.61. The highest BCUT2D eigenvalue weighted by Crippen LogP contribution is 2.15. The van der Waals surface area contributed by atoms with Crippen LogP contribution in [0.4, 0.5) is 0 Å². The second-order valence-corrected chi connectivity index (χ2v) is 4.88. The zero-order valence-corrected chi connectivity index (χ0v) is 14.1. The maximum atomic E-state index is 4.67. The summed E-state index contributed by atoms with van der Waals surface area (Å²) >= 11 is 0. The average Bonchev–Trinajstić information content (AvgIpc) is 2.43. The second-order valence-electron chi connectivity index (χ2n) is 4.88. The molecule has 0 aromatic carbocycles. The van der Waals surface area contributed by atoms with Gasteiger partial charge < -0.3 is 10.6 Å². The lowest BCUT2D eigenvalue weighted by molar-refractivity contribution is 0.0174. The Labute approximate surface area is 133 Å². The van der Waals surface area contributed by atoms with Crippen LogP contribution >= 0.6 is 24.0 Å². The topological polar surface area (TPSA) is 42.9 Å². The van der Waals surface area contributed by atoms with Crippen LogP contribution in [-0.4, -0.2) is 74.2 Å². The molecule has 110 valence electrons. The van der Waals surface area contributed by atoms with E-state index in [1.54, 1.807) is 0 Å². The highest BCUT2D eigenvalue weighted by Gasteiger charge is 2.31. The zero-order valence-electron chi connectivity index (χ0n) is 11.8. The Bertz CT molecular complexity index is 299. The minimum atomic E-state index is 0. The zero-order chi connectivity index (χ0) is 12.8. The van der Waals surface area contributed by atoms with Gasteiger partial charge in [-0.3, -0.25) is 14.8 Å². The van der Waals surface area contributed by atoms with E-state index < -0.39 is 0 Å². The number of rotatable bonds is 5. The monoisotopic (exact) mass is 379 g/mol. The van der Waals surface area contributed by atoms with Crippen LogP contribution in [-0.2, 0) is 0 Å². The minimum Gasteiger partial charge on any atom is -0.357 e. The molecule has 2 bridgehead atoms. The molecular weight excluding hydrogens is 353 g/mol. The third-order valence-corrected chi connectivity index (χ3v) is 3.61. The van der Waals surface area contributed by atoms with Gasteiger partial charge in [0.05, 0.1) is 6.54 Å². The molecule has 3 aliphatic rings. The van der Waals surface area contributed by atoms with Gasteiger partial charge in [-0.05, 0) is 6.92 Å². The number of hydrogen-bond acceptors (Lipinski definition) is 3. The van der Waals surface area contributed by atoms with Gasteiger partial charge in [0.2, 0.25) is 0 Å².